The Hall–Kier alpha value is -1.64. The van der Waals surface area contributed by atoms with Crippen molar-refractivity contribution >= 4 is 17.5 Å². The van der Waals surface area contributed by atoms with Gasteiger partial charge in [0.2, 0.25) is 0 Å². The summed E-state index contributed by atoms with van der Waals surface area (Å²) in [4.78, 5) is 2.05. The number of phenolic OH excluding ortho intramolecular Hbond substituents is 1. The van der Waals surface area contributed by atoms with Crippen LogP contribution in [0.2, 0.25) is 0 Å². The number of phenols is 1. The van der Waals surface area contributed by atoms with Crippen LogP contribution in [-0.2, 0) is 0 Å². The second kappa shape index (κ2) is 3.25. The molecule has 0 saturated heterocycles. The average molecular weight is 190 g/mol. The van der Waals surface area contributed by atoms with Crippen LogP contribution < -0.4 is 10.2 Å². The normalized spacial score (nSPS) is 14.5. The number of hydrogen-bond donors (Lipinski definition) is 2. The third kappa shape index (κ3) is 1.31. The molecule has 0 spiro atoms. The summed E-state index contributed by atoms with van der Waals surface area (Å²) in [6.07, 6.45) is 1.73. The zero-order valence-corrected chi connectivity index (χ0v) is 8.25. The smallest absolute Gasteiger partial charge is 0.141 e. The lowest BCUT2D eigenvalue weighted by Gasteiger charge is -2.29. The Morgan fingerprint density at radius 2 is 2.36 bits per heavy atom. The molecule has 1 heterocycles. The van der Waals surface area contributed by atoms with Crippen LogP contribution >= 0.6 is 0 Å². The lowest BCUT2D eigenvalue weighted by Crippen LogP contribution is -2.30. The zero-order valence-electron chi connectivity index (χ0n) is 8.25. The molecule has 0 aromatic heterocycles. The molecule has 1 aromatic rings. The van der Waals surface area contributed by atoms with Crippen molar-refractivity contribution in [2.45, 2.75) is 0 Å². The van der Waals surface area contributed by atoms with Crippen molar-refractivity contribution in [3.8, 4) is 5.75 Å². The monoisotopic (exact) mass is 190 g/mol. The molecule has 0 saturated carbocycles. The molecule has 3 heteroatoms. The van der Waals surface area contributed by atoms with Crippen LogP contribution in [0, 0.1) is 0 Å². The fourth-order valence-electron chi connectivity index (χ4n) is 1.76. The Morgan fingerprint density at radius 1 is 1.57 bits per heavy atom. The molecule has 0 bridgehead atoms. The van der Waals surface area contributed by atoms with E-state index in [2.05, 4.69) is 11.9 Å². The molecule has 0 amide bonds. The molecule has 14 heavy (non-hydrogen) atoms. The highest BCUT2D eigenvalue weighted by atomic mass is 16.3. The molecular weight excluding hydrogens is 176 g/mol. The fraction of sp³-hybridized carbons (Fsp3) is 0.273. The van der Waals surface area contributed by atoms with Gasteiger partial charge in [-0.2, -0.15) is 0 Å². The minimum atomic E-state index is 0.312. The largest absolute Gasteiger partial charge is 0.506 e. The average Bonchev–Trinajstić information content (AvgIpc) is 2.17. The molecule has 1 aromatic carbocycles. The van der Waals surface area contributed by atoms with Crippen LogP contribution in [0.5, 0.6) is 5.75 Å². The molecule has 2 rings (SSSR count). The Balaban J connectivity index is 2.56. The van der Waals surface area contributed by atoms with E-state index in [1.807, 2.05) is 18.0 Å². The lowest BCUT2D eigenvalue weighted by atomic mass is 10.1. The molecular formula is C11H14N2O. The molecule has 1 aliphatic rings. The Kier molecular flexibility index (Phi) is 2.08. The topological polar surface area (TPSA) is 35.5 Å². The van der Waals surface area contributed by atoms with Gasteiger partial charge in [0.1, 0.15) is 11.4 Å². The number of fused-ring (bicyclic) bond motifs is 1. The zero-order chi connectivity index (χ0) is 10.1. The maximum Gasteiger partial charge on any atom is 0.141 e. The van der Waals surface area contributed by atoms with Crippen molar-refractivity contribution in [1.29, 1.82) is 0 Å². The molecule has 1 aliphatic heterocycles. The molecule has 0 fully saturated rings. The highest BCUT2D eigenvalue weighted by molar-refractivity contribution is 5.80. The van der Waals surface area contributed by atoms with Crippen molar-refractivity contribution in [2.24, 2.45) is 0 Å². The SMILES string of the molecule is C=Cc1cc(O)c2c(c1)NCCN2C. The van der Waals surface area contributed by atoms with E-state index in [0.29, 0.717) is 5.75 Å². The van der Waals surface area contributed by atoms with E-state index in [4.69, 9.17) is 0 Å². The first kappa shape index (κ1) is 8.94. The van der Waals surface area contributed by atoms with E-state index in [1.165, 1.54) is 0 Å². The molecule has 2 N–H and O–H groups in total. The van der Waals surface area contributed by atoms with Gasteiger partial charge < -0.3 is 15.3 Å². The van der Waals surface area contributed by atoms with Crippen molar-refractivity contribution in [1.82, 2.24) is 0 Å². The third-order valence-corrected chi connectivity index (χ3v) is 2.49. The Morgan fingerprint density at radius 3 is 3.07 bits per heavy atom. The van der Waals surface area contributed by atoms with E-state index < -0.39 is 0 Å². The highest BCUT2D eigenvalue weighted by Gasteiger charge is 2.17. The number of benzene rings is 1. The van der Waals surface area contributed by atoms with Crippen LogP contribution in [0.3, 0.4) is 0 Å². The Labute approximate surface area is 83.7 Å². The van der Waals surface area contributed by atoms with Crippen LogP contribution in [0.1, 0.15) is 5.56 Å². The van der Waals surface area contributed by atoms with Gasteiger partial charge >= 0.3 is 0 Å². The number of hydrogen-bond acceptors (Lipinski definition) is 3. The summed E-state index contributed by atoms with van der Waals surface area (Å²) in [6, 6.07) is 3.73. The number of likely N-dealkylation sites (N-methyl/N-ethyl adjacent to an activating group) is 1. The van der Waals surface area contributed by atoms with Crippen molar-refractivity contribution in [2.75, 3.05) is 30.4 Å². The summed E-state index contributed by atoms with van der Waals surface area (Å²) in [5.41, 5.74) is 2.79. The fourth-order valence-corrected chi connectivity index (χ4v) is 1.76. The molecule has 0 aliphatic carbocycles. The minimum Gasteiger partial charge on any atom is -0.506 e. The van der Waals surface area contributed by atoms with Crippen LogP contribution in [0.15, 0.2) is 18.7 Å². The number of anilines is 2. The number of aromatic hydroxyl groups is 1. The van der Waals surface area contributed by atoms with Crippen LogP contribution in [0.4, 0.5) is 11.4 Å². The quantitative estimate of drug-likeness (QED) is 0.710. The van der Waals surface area contributed by atoms with Crippen LogP contribution in [0.25, 0.3) is 6.08 Å². The summed E-state index contributed by atoms with van der Waals surface area (Å²) in [5, 5.41) is 13.1. The number of nitrogens with zero attached hydrogens (tertiary/aromatic N) is 1. The van der Waals surface area contributed by atoms with E-state index in [-0.39, 0.29) is 0 Å². The summed E-state index contributed by atoms with van der Waals surface area (Å²) in [7, 11) is 1.98. The van der Waals surface area contributed by atoms with Crippen molar-refractivity contribution in [3.63, 3.8) is 0 Å². The Bertz CT molecular complexity index is 374. The van der Waals surface area contributed by atoms with Gasteiger partial charge in [-0.05, 0) is 17.7 Å². The van der Waals surface area contributed by atoms with E-state index >= 15 is 0 Å². The maximum absolute atomic E-state index is 9.81. The molecule has 0 radical (unpaired) electrons. The van der Waals surface area contributed by atoms with Crippen molar-refractivity contribution < 1.29 is 5.11 Å². The van der Waals surface area contributed by atoms with Gasteiger partial charge in [0.25, 0.3) is 0 Å². The maximum atomic E-state index is 9.81. The standard InChI is InChI=1S/C11H14N2O/c1-3-8-6-9-11(10(14)7-8)13(2)5-4-12-9/h3,6-7,12,14H,1,4-5H2,2H3. The van der Waals surface area contributed by atoms with E-state index in [9.17, 15) is 5.11 Å². The van der Waals surface area contributed by atoms with E-state index in [0.717, 1.165) is 30.0 Å². The van der Waals surface area contributed by atoms with Gasteiger partial charge in [0.15, 0.2) is 0 Å². The second-order valence-corrected chi connectivity index (χ2v) is 3.49. The van der Waals surface area contributed by atoms with Crippen LogP contribution in [-0.4, -0.2) is 25.2 Å². The first-order valence-electron chi connectivity index (χ1n) is 4.67. The first-order valence-corrected chi connectivity index (χ1v) is 4.67. The molecule has 0 unspecified atom stereocenters. The summed E-state index contributed by atoms with van der Waals surface area (Å²) in [6.45, 7) is 5.50. The van der Waals surface area contributed by atoms with Crippen molar-refractivity contribution in [3.05, 3.63) is 24.3 Å². The third-order valence-electron chi connectivity index (χ3n) is 2.49. The van der Waals surface area contributed by atoms with Gasteiger partial charge in [-0.3, -0.25) is 0 Å². The molecule has 74 valence electrons. The van der Waals surface area contributed by atoms with Gasteiger partial charge in [-0.1, -0.05) is 12.7 Å². The summed E-state index contributed by atoms with van der Waals surface area (Å²) in [5.74, 6) is 0.312. The van der Waals surface area contributed by atoms with Gasteiger partial charge in [-0.25, -0.2) is 0 Å². The minimum absolute atomic E-state index is 0.312. The number of rotatable bonds is 1. The second-order valence-electron chi connectivity index (χ2n) is 3.49. The highest BCUT2D eigenvalue weighted by Crippen LogP contribution is 2.37. The predicted octanol–water partition coefficient (Wildman–Crippen LogP) is 1.90. The molecule has 0 atom stereocenters. The lowest BCUT2D eigenvalue weighted by molar-refractivity contribution is 0.474. The van der Waals surface area contributed by atoms with Gasteiger partial charge in [-0.15, -0.1) is 0 Å². The number of nitrogens with one attached hydrogen (secondary N) is 1. The summed E-state index contributed by atoms with van der Waals surface area (Å²) >= 11 is 0. The predicted molar refractivity (Wildman–Crippen MR) is 60.0 cm³/mol. The van der Waals surface area contributed by atoms with Gasteiger partial charge in [0.05, 0.1) is 5.69 Å². The van der Waals surface area contributed by atoms with E-state index in [1.54, 1.807) is 12.1 Å². The first-order chi connectivity index (χ1) is 6.72. The summed E-state index contributed by atoms with van der Waals surface area (Å²) < 4.78 is 0. The molecule has 3 nitrogen and oxygen atoms in total. The van der Waals surface area contributed by atoms with Gasteiger partial charge in [0, 0.05) is 20.1 Å².